The summed E-state index contributed by atoms with van der Waals surface area (Å²) >= 11 is 0. The number of anilines is 1. The number of rotatable bonds is 11. The van der Waals surface area contributed by atoms with E-state index in [4.69, 9.17) is 23.7 Å². The minimum absolute atomic E-state index is 0.117. The fourth-order valence-corrected chi connectivity index (χ4v) is 3.36. The van der Waals surface area contributed by atoms with Gasteiger partial charge in [-0.2, -0.15) is 5.10 Å². The summed E-state index contributed by atoms with van der Waals surface area (Å²) in [6, 6.07) is 16.0. The Morgan fingerprint density at radius 3 is 2.49 bits per heavy atom. The number of ether oxygens (including phenoxy) is 5. The molecule has 0 aliphatic carbocycles. The second kappa shape index (κ2) is 11.3. The maximum atomic E-state index is 12.9. The van der Waals surface area contributed by atoms with E-state index in [0.29, 0.717) is 41.8 Å². The van der Waals surface area contributed by atoms with Crippen molar-refractivity contribution in [3.8, 4) is 28.5 Å². The normalized spacial score (nSPS) is 10.8. The third-order valence-corrected chi connectivity index (χ3v) is 5.12. The molecule has 10 nitrogen and oxygen atoms in total. The molecule has 182 valence electrons. The molecule has 4 rings (SSSR count). The molecule has 0 fully saturated rings. The summed E-state index contributed by atoms with van der Waals surface area (Å²) in [6.07, 6.45) is 1.67. The van der Waals surface area contributed by atoms with Gasteiger partial charge < -0.3 is 29.0 Å². The van der Waals surface area contributed by atoms with E-state index in [1.165, 1.54) is 0 Å². The first-order valence-electron chi connectivity index (χ1n) is 10.8. The first-order chi connectivity index (χ1) is 17.1. The Hall–Kier alpha value is -4.15. The van der Waals surface area contributed by atoms with Crippen molar-refractivity contribution >= 4 is 17.2 Å². The van der Waals surface area contributed by atoms with Crippen LogP contribution in [0.2, 0.25) is 0 Å². The zero-order valence-corrected chi connectivity index (χ0v) is 19.7. The van der Waals surface area contributed by atoms with Gasteiger partial charge in [-0.25, -0.2) is 9.50 Å². The average molecular weight is 479 g/mol. The molecule has 0 aliphatic heterocycles. The molecule has 2 aromatic carbocycles. The van der Waals surface area contributed by atoms with E-state index in [9.17, 15) is 4.79 Å². The van der Waals surface area contributed by atoms with Crippen molar-refractivity contribution in [1.29, 1.82) is 0 Å². The van der Waals surface area contributed by atoms with Gasteiger partial charge >= 0.3 is 0 Å². The number of carbonyl (C=O) groups is 1. The Kier molecular flexibility index (Phi) is 7.76. The van der Waals surface area contributed by atoms with Crippen LogP contribution >= 0.6 is 0 Å². The Bertz CT molecular complexity index is 1290. The predicted molar refractivity (Wildman–Crippen MR) is 129 cm³/mol. The van der Waals surface area contributed by atoms with Crippen molar-refractivity contribution < 1.29 is 28.5 Å². The van der Waals surface area contributed by atoms with Crippen LogP contribution in [0.5, 0.6) is 17.2 Å². The summed E-state index contributed by atoms with van der Waals surface area (Å²) < 4.78 is 28.0. The van der Waals surface area contributed by atoms with Gasteiger partial charge in [0.15, 0.2) is 29.6 Å². The number of aromatic nitrogens is 3. The summed E-state index contributed by atoms with van der Waals surface area (Å²) in [7, 11) is 4.77. The maximum Gasteiger partial charge on any atom is 0.276 e. The summed E-state index contributed by atoms with van der Waals surface area (Å²) in [5, 5.41) is 7.32. The molecule has 2 aromatic heterocycles. The lowest BCUT2D eigenvalue weighted by molar-refractivity contribution is -0.00846. The smallest absolute Gasteiger partial charge is 0.276 e. The molecule has 0 atom stereocenters. The van der Waals surface area contributed by atoms with E-state index in [1.54, 1.807) is 62.4 Å². The van der Waals surface area contributed by atoms with Crippen LogP contribution in [0.4, 0.5) is 5.69 Å². The zero-order valence-electron chi connectivity index (χ0n) is 19.7. The van der Waals surface area contributed by atoms with E-state index in [1.807, 2.05) is 24.3 Å². The number of nitrogens with zero attached hydrogens (tertiary/aromatic N) is 3. The molecule has 10 heteroatoms. The quantitative estimate of drug-likeness (QED) is 0.257. The summed E-state index contributed by atoms with van der Waals surface area (Å²) in [5.74, 6) is 1.48. The van der Waals surface area contributed by atoms with Gasteiger partial charge in [-0.05, 0) is 48.5 Å². The summed E-state index contributed by atoms with van der Waals surface area (Å²) in [6.45, 7) is 1.07. The molecule has 0 spiro atoms. The fraction of sp³-hybridized carbons (Fsp3) is 0.240. The van der Waals surface area contributed by atoms with Crippen LogP contribution in [0.15, 0.2) is 60.8 Å². The van der Waals surface area contributed by atoms with Crippen molar-refractivity contribution in [2.24, 2.45) is 0 Å². The van der Waals surface area contributed by atoms with E-state index < -0.39 is 0 Å². The van der Waals surface area contributed by atoms with Crippen molar-refractivity contribution in [3.63, 3.8) is 0 Å². The SMILES string of the molecule is COCCOCOc1ccc(NC(=O)c2cc3nccc(-c4ccc(OC)c(OC)c4)n3n2)cc1. The Morgan fingerprint density at radius 2 is 1.74 bits per heavy atom. The zero-order chi connectivity index (χ0) is 24.6. The lowest BCUT2D eigenvalue weighted by Crippen LogP contribution is -2.13. The van der Waals surface area contributed by atoms with E-state index in [2.05, 4.69) is 15.4 Å². The average Bonchev–Trinajstić information content (AvgIpc) is 3.34. The second-order valence-corrected chi connectivity index (χ2v) is 7.34. The Balaban J connectivity index is 1.48. The highest BCUT2D eigenvalue weighted by Gasteiger charge is 2.15. The largest absolute Gasteiger partial charge is 0.493 e. The molecule has 0 saturated carbocycles. The van der Waals surface area contributed by atoms with Crippen LogP contribution in [-0.4, -0.2) is 61.8 Å². The number of hydrogen-bond acceptors (Lipinski definition) is 8. The van der Waals surface area contributed by atoms with Crippen LogP contribution < -0.4 is 19.5 Å². The number of methoxy groups -OCH3 is 3. The van der Waals surface area contributed by atoms with Gasteiger partial charge in [-0.1, -0.05) is 0 Å². The highest BCUT2D eigenvalue weighted by molar-refractivity contribution is 6.03. The van der Waals surface area contributed by atoms with Crippen molar-refractivity contribution in [3.05, 3.63) is 66.5 Å². The fourth-order valence-electron chi connectivity index (χ4n) is 3.36. The lowest BCUT2D eigenvalue weighted by Gasteiger charge is -2.10. The molecule has 4 aromatic rings. The van der Waals surface area contributed by atoms with Crippen LogP contribution in [0, 0.1) is 0 Å². The van der Waals surface area contributed by atoms with E-state index in [-0.39, 0.29) is 18.4 Å². The maximum absolute atomic E-state index is 12.9. The molecule has 1 amide bonds. The molecule has 0 aliphatic rings. The second-order valence-electron chi connectivity index (χ2n) is 7.34. The number of benzene rings is 2. The van der Waals surface area contributed by atoms with Gasteiger partial charge in [0.05, 0.1) is 33.1 Å². The van der Waals surface area contributed by atoms with Gasteiger partial charge in [0.2, 0.25) is 0 Å². The van der Waals surface area contributed by atoms with E-state index in [0.717, 1.165) is 11.3 Å². The monoisotopic (exact) mass is 478 g/mol. The minimum atomic E-state index is -0.356. The predicted octanol–water partition coefficient (Wildman–Crippen LogP) is 3.67. The molecule has 0 saturated heterocycles. The van der Waals surface area contributed by atoms with Gasteiger partial charge in [-0.3, -0.25) is 4.79 Å². The van der Waals surface area contributed by atoms with Crippen LogP contribution in [0.1, 0.15) is 10.5 Å². The number of hydrogen-bond donors (Lipinski definition) is 1. The van der Waals surface area contributed by atoms with Crippen LogP contribution in [0.3, 0.4) is 0 Å². The van der Waals surface area contributed by atoms with Gasteiger partial charge in [0, 0.05) is 30.6 Å². The van der Waals surface area contributed by atoms with Gasteiger partial charge in [0.25, 0.3) is 5.91 Å². The topological polar surface area (TPSA) is 105 Å². The first-order valence-corrected chi connectivity index (χ1v) is 10.8. The molecule has 1 N–H and O–H groups in total. The van der Waals surface area contributed by atoms with Gasteiger partial charge in [-0.15, -0.1) is 0 Å². The lowest BCUT2D eigenvalue weighted by atomic mass is 10.1. The molecule has 0 unspecified atom stereocenters. The molecule has 0 bridgehead atoms. The Morgan fingerprint density at radius 1 is 0.943 bits per heavy atom. The summed E-state index contributed by atoms with van der Waals surface area (Å²) in [5.41, 5.74) is 2.97. The number of carbonyl (C=O) groups excluding carboxylic acids is 1. The summed E-state index contributed by atoms with van der Waals surface area (Å²) in [4.78, 5) is 17.2. The number of nitrogens with one attached hydrogen (secondary N) is 1. The standard InChI is InChI=1S/C25H26N4O6/c1-31-12-13-34-16-35-19-7-5-18(6-8-19)27-25(30)20-15-24-26-11-10-21(29(24)28-20)17-4-9-22(32-2)23(14-17)33-3/h4-11,14-15H,12-13,16H2,1-3H3,(H,27,30). The highest BCUT2D eigenvalue weighted by Crippen LogP contribution is 2.32. The first kappa shape index (κ1) is 24.0. The highest BCUT2D eigenvalue weighted by atomic mass is 16.7. The minimum Gasteiger partial charge on any atom is -0.493 e. The number of fused-ring (bicyclic) bond motifs is 1. The number of amides is 1. The molecule has 0 radical (unpaired) electrons. The Labute approximate surface area is 202 Å². The van der Waals surface area contributed by atoms with Crippen molar-refractivity contribution in [1.82, 2.24) is 14.6 Å². The molecule has 2 heterocycles. The van der Waals surface area contributed by atoms with Crippen molar-refractivity contribution in [2.75, 3.05) is 46.7 Å². The third kappa shape index (κ3) is 5.68. The van der Waals surface area contributed by atoms with Gasteiger partial charge in [0.1, 0.15) is 5.75 Å². The van der Waals surface area contributed by atoms with Crippen LogP contribution in [-0.2, 0) is 9.47 Å². The van der Waals surface area contributed by atoms with Crippen molar-refractivity contribution in [2.45, 2.75) is 0 Å². The van der Waals surface area contributed by atoms with Crippen LogP contribution in [0.25, 0.3) is 16.9 Å². The third-order valence-electron chi connectivity index (χ3n) is 5.12. The molecule has 35 heavy (non-hydrogen) atoms. The molecular weight excluding hydrogens is 452 g/mol. The molecular formula is C25H26N4O6. The van der Waals surface area contributed by atoms with E-state index >= 15 is 0 Å².